The van der Waals surface area contributed by atoms with Crippen LogP contribution in [0.2, 0.25) is 0 Å². The normalized spacial score (nSPS) is 22.3. The largest absolute Gasteiger partial charge is 0.508 e. The van der Waals surface area contributed by atoms with Crippen LogP contribution in [0.4, 0.5) is 5.82 Å². The van der Waals surface area contributed by atoms with E-state index in [1.54, 1.807) is 18.5 Å². The smallest absolute Gasteiger partial charge is 0.135 e. The monoisotopic (exact) mass is 445 g/mol. The van der Waals surface area contributed by atoms with E-state index in [9.17, 15) is 5.11 Å². The van der Waals surface area contributed by atoms with Gasteiger partial charge in [0, 0.05) is 39.7 Å². The van der Waals surface area contributed by atoms with Gasteiger partial charge < -0.3 is 20.7 Å². The topological polar surface area (TPSA) is 91.1 Å². The summed E-state index contributed by atoms with van der Waals surface area (Å²) in [4.78, 5) is 15.3. The minimum atomic E-state index is 0.271. The van der Waals surface area contributed by atoms with E-state index in [2.05, 4.69) is 48.6 Å². The van der Waals surface area contributed by atoms with Crippen LogP contribution in [0, 0.1) is 11.8 Å². The zero-order valence-corrected chi connectivity index (χ0v) is 20.1. The number of aromatic hydroxyl groups is 1. The Morgan fingerprint density at radius 1 is 1.18 bits per heavy atom. The number of likely N-dealkylation sites (tertiary alicyclic amines) is 1. The van der Waals surface area contributed by atoms with Crippen LogP contribution >= 0.6 is 0 Å². The van der Waals surface area contributed by atoms with E-state index in [0.29, 0.717) is 29.6 Å². The van der Waals surface area contributed by atoms with Crippen LogP contribution in [0.15, 0.2) is 36.2 Å². The van der Waals surface area contributed by atoms with Gasteiger partial charge in [0.15, 0.2) is 0 Å². The lowest BCUT2D eigenvalue weighted by Crippen LogP contribution is -2.42. The highest BCUT2D eigenvalue weighted by molar-refractivity contribution is 5.93. The molecule has 4 N–H and O–H groups in total. The summed E-state index contributed by atoms with van der Waals surface area (Å²) in [5.41, 5.74) is 13.2. The molecule has 1 aliphatic carbocycles. The predicted octanol–water partition coefficient (Wildman–Crippen LogP) is 5.31. The molecular weight excluding hydrogens is 410 g/mol. The SMILES string of the molecule is CCC1=C(c2cc3cc(O)ccc3[nH]2)c2c(N)ncnc2C(C)C1C1CCN(C(C)C)CC1. The number of phenolic OH excluding ortho intramolecular Hbond substituents is 1. The number of nitrogens with one attached hydrogen (secondary N) is 1. The lowest BCUT2D eigenvalue weighted by atomic mass is 9.65. The molecule has 0 radical (unpaired) electrons. The second-order valence-corrected chi connectivity index (χ2v) is 10.0. The van der Waals surface area contributed by atoms with Crippen molar-refractivity contribution in [3.8, 4) is 5.75 Å². The zero-order chi connectivity index (χ0) is 23.3. The van der Waals surface area contributed by atoms with Gasteiger partial charge in [0.05, 0.1) is 5.69 Å². The minimum absolute atomic E-state index is 0.271. The number of rotatable bonds is 4. The molecule has 2 unspecified atom stereocenters. The molecule has 6 nitrogen and oxygen atoms in total. The quantitative estimate of drug-likeness (QED) is 0.506. The molecule has 0 bridgehead atoms. The summed E-state index contributed by atoms with van der Waals surface area (Å²) in [6.07, 6.45) is 4.99. The highest BCUT2D eigenvalue weighted by Gasteiger charge is 2.40. The van der Waals surface area contributed by atoms with Crippen LogP contribution in [0.5, 0.6) is 5.75 Å². The number of nitrogens with zero attached hydrogens (tertiary/aromatic N) is 3. The third-order valence-electron chi connectivity index (χ3n) is 7.92. The van der Waals surface area contributed by atoms with Crippen molar-refractivity contribution in [1.82, 2.24) is 19.9 Å². The van der Waals surface area contributed by atoms with E-state index in [1.165, 1.54) is 18.4 Å². The van der Waals surface area contributed by atoms with Crippen molar-refractivity contribution >= 4 is 22.3 Å². The number of benzene rings is 1. The molecule has 174 valence electrons. The van der Waals surface area contributed by atoms with E-state index in [-0.39, 0.29) is 5.75 Å². The highest BCUT2D eigenvalue weighted by atomic mass is 16.3. The van der Waals surface area contributed by atoms with Crippen LogP contribution in [-0.4, -0.2) is 44.1 Å². The second-order valence-electron chi connectivity index (χ2n) is 10.0. The molecule has 33 heavy (non-hydrogen) atoms. The van der Waals surface area contributed by atoms with Crippen LogP contribution in [0.25, 0.3) is 16.5 Å². The molecule has 2 aromatic heterocycles. The molecule has 1 aromatic carbocycles. The van der Waals surface area contributed by atoms with Crippen LogP contribution in [0.1, 0.15) is 69.8 Å². The molecular formula is C27H35N5O. The Hall–Kier alpha value is -2.86. The van der Waals surface area contributed by atoms with E-state index in [1.807, 2.05) is 6.07 Å². The first kappa shape index (κ1) is 22.0. The lowest BCUT2D eigenvalue weighted by Gasteiger charge is -2.43. The van der Waals surface area contributed by atoms with Gasteiger partial charge in [-0.05, 0) is 82.3 Å². The summed E-state index contributed by atoms with van der Waals surface area (Å²) in [5.74, 6) is 2.17. The van der Waals surface area contributed by atoms with Crippen LogP contribution in [0.3, 0.4) is 0 Å². The van der Waals surface area contributed by atoms with E-state index in [4.69, 9.17) is 10.7 Å². The van der Waals surface area contributed by atoms with Gasteiger partial charge in [-0.15, -0.1) is 0 Å². The van der Waals surface area contributed by atoms with Crippen LogP contribution < -0.4 is 5.73 Å². The molecule has 6 heteroatoms. The molecule has 1 fully saturated rings. The number of nitrogen functional groups attached to an aromatic ring is 1. The molecule has 3 heterocycles. The molecule has 1 saturated heterocycles. The zero-order valence-electron chi connectivity index (χ0n) is 20.1. The molecule has 0 amide bonds. The molecule has 2 atom stereocenters. The number of hydrogen-bond donors (Lipinski definition) is 3. The standard InChI is InChI=1S/C27H35N5O/c1-5-20-23(17-8-10-32(11-9-17)15(2)3)16(4)26-25(27(28)30-14-29-26)24(20)22-13-18-12-19(33)6-7-21(18)31-22/h6-7,12-17,23,31,33H,5,8-11H2,1-4H3,(H2,28,29,30). The Morgan fingerprint density at radius 3 is 2.64 bits per heavy atom. The van der Waals surface area contributed by atoms with Gasteiger partial charge in [-0.3, -0.25) is 0 Å². The Balaban J connectivity index is 1.67. The number of phenols is 1. The Morgan fingerprint density at radius 2 is 1.94 bits per heavy atom. The summed E-state index contributed by atoms with van der Waals surface area (Å²) >= 11 is 0. The Bertz CT molecular complexity index is 1200. The fourth-order valence-electron chi connectivity index (χ4n) is 6.28. The highest BCUT2D eigenvalue weighted by Crippen LogP contribution is 2.51. The van der Waals surface area contributed by atoms with Crippen molar-refractivity contribution in [2.24, 2.45) is 11.8 Å². The number of H-pyrrole nitrogens is 1. The number of aromatic amines is 1. The average molecular weight is 446 g/mol. The van der Waals surface area contributed by atoms with E-state index < -0.39 is 0 Å². The molecule has 1 aliphatic heterocycles. The van der Waals surface area contributed by atoms with Gasteiger partial charge in [-0.25, -0.2) is 9.97 Å². The van der Waals surface area contributed by atoms with Gasteiger partial charge >= 0.3 is 0 Å². The maximum Gasteiger partial charge on any atom is 0.135 e. The predicted molar refractivity (Wildman–Crippen MR) is 134 cm³/mol. The Kier molecular flexibility index (Phi) is 5.65. The van der Waals surface area contributed by atoms with Crippen molar-refractivity contribution in [2.75, 3.05) is 18.8 Å². The number of allylic oxidation sites excluding steroid dienone is 1. The summed E-state index contributed by atoms with van der Waals surface area (Å²) < 4.78 is 0. The summed E-state index contributed by atoms with van der Waals surface area (Å²) in [6, 6.07) is 8.18. The third-order valence-corrected chi connectivity index (χ3v) is 7.92. The molecule has 3 aromatic rings. The van der Waals surface area contributed by atoms with E-state index in [0.717, 1.165) is 52.9 Å². The lowest BCUT2D eigenvalue weighted by molar-refractivity contribution is 0.121. The fourth-order valence-corrected chi connectivity index (χ4v) is 6.28. The van der Waals surface area contributed by atoms with Gasteiger partial charge in [-0.2, -0.15) is 0 Å². The number of piperidine rings is 1. The van der Waals surface area contributed by atoms with Crippen molar-refractivity contribution in [3.63, 3.8) is 0 Å². The third kappa shape index (κ3) is 3.70. The van der Waals surface area contributed by atoms with Gasteiger partial charge in [-0.1, -0.05) is 19.4 Å². The maximum atomic E-state index is 9.99. The first-order valence-electron chi connectivity index (χ1n) is 12.3. The molecule has 0 saturated carbocycles. The summed E-state index contributed by atoms with van der Waals surface area (Å²) in [5, 5.41) is 11.0. The maximum absolute atomic E-state index is 9.99. The molecule has 0 spiro atoms. The average Bonchev–Trinajstić information content (AvgIpc) is 3.22. The minimum Gasteiger partial charge on any atom is -0.508 e. The Labute approximate surface area is 195 Å². The van der Waals surface area contributed by atoms with Crippen molar-refractivity contribution < 1.29 is 5.11 Å². The second kappa shape index (κ2) is 8.49. The van der Waals surface area contributed by atoms with Crippen LogP contribution in [-0.2, 0) is 0 Å². The van der Waals surface area contributed by atoms with Gasteiger partial charge in [0.2, 0.25) is 0 Å². The van der Waals surface area contributed by atoms with E-state index >= 15 is 0 Å². The van der Waals surface area contributed by atoms with Crippen molar-refractivity contribution in [2.45, 2.75) is 58.9 Å². The number of nitrogens with two attached hydrogens (primary N) is 1. The molecule has 5 rings (SSSR count). The summed E-state index contributed by atoms with van der Waals surface area (Å²) in [6.45, 7) is 11.5. The first-order valence-corrected chi connectivity index (χ1v) is 12.3. The number of fused-ring (bicyclic) bond motifs is 2. The van der Waals surface area contributed by atoms with Crippen molar-refractivity contribution in [3.05, 3.63) is 53.1 Å². The number of anilines is 1. The van der Waals surface area contributed by atoms with Crippen molar-refractivity contribution in [1.29, 1.82) is 0 Å². The fraction of sp³-hybridized carbons (Fsp3) is 0.481. The molecule has 2 aliphatic rings. The first-order chi connectivity index (χ1) is 15.9. The van der Waals surface area contributed by atoms with Gasteiger partial charge in [0.25, 0.3) is 0 Å². The number of aromatic nitrogens is 3. The van der Waals surface area contributed by atoms with Gasteiger partial charge in [0.1, 0.15) is 17.9 Å². The summed E-state index contributed by atoms with van der Waals surface area (Å²) in [7, 11) is 0. The number of hydrogen-bond acceptors (Lipinski definition) is 5.